The van der Waals surface area contributed by atoms with E-state index >= 15 is 0 Å². The van der Waals surface area contributed by atoms with Crippen molar-refractivity contribution in [2.75, 3.05) is 13.7 Å². The minimum atomic E-state index is -0.406. The van der Waals surface area contributed by atoms with Crippen molar-refractivity contribution < 1.29 is 19.4 Å². The van der Waals surface area contributed by atoms with E-state index in [1.807, 2.05) is 12.3 Å². The van der Waals surface area contributed by atoms with Crippen molar-refractivity contribution in [2.24, 2.45) is 0 Å². The van der Waals surface area contributed by atoms with Crippen molar-refractivity contribution in [3.63, 3.8) is 0 Å². The highest BCUT2D eigenvalue weighted by Gasteiger charge is 2.31. The van der Waals surface area contributed by atoms with Crippen LogP contribution in [0.4, 0.5) is 0 Å². The van der Waals surface area contributed by atoms with Crippen LogP contribution in [0.2, 0.25) is 0 Å². The van der Waals surface area contributed by atoms with E-state index in [1.165, 1.54) is 0 Å². The first kappa shape index (κ1) is 20.4. The maximum atomic E-state index is 12.3. The number of nitrogens with zero attached hydrogens (tertiary/aromatic N) is 4. The SMILES string of the molecule is COCc1cn(CC[C@@H]2CC[C@H](NC(=O)Cc3cccnc3)[C@H](CO)O2)nn1. The summed E-state index contributed by atoms with van der Waals surface area (Å²) in [5.41, 5.74) is 1.65. The second-order valence-electron chi connectivity index (χ2n) is 6.96. The molecule has 2 aromatic rings. The standard InChI is InChI=1S/C19H27N5O4/c1-27-13-15-11-24(23-22-15)8-6-16-4-5-17(18(12-25)28-16)21-19(26)9-14-3-2-7-20-10-14/h2-3,7,10-11,16-18,25H,4-6,8-9,12-13H2,1H3,(H,21,26)/t16-,17-,18-/m0/s1. The molecule has 2 aromatic heterocycles. The summed E-state index contributed by atoms with van der Waals surface area (Å²) in [7, 11) is 1.62. The second kappa shape index (κ2) is 10.3. The highest BCUT2D eigenvalue weighted by molar-refractivity contribution is 5.78. The molecule has 28 heavy (non-hydrogen) atoms. The number of aliphatic hydroxyl groups excluding tert-OH is 1. The highest BCUT2D eigenvalue weighted by Crippen LogP contribution is 2.22. The Balaban J connectivity index is 1.45. The monoisotopic (exact) mass is 389 g/mol. The van der Waals surface area contributed by atoms with Gasteiger partial charge in [-0.2, -0.15) is 0 Å². The first-order chi connectivity index (χ1) is 13.7. The Morgan fingerprint density at radius 3 is 3.11 bits per heavy atom. The first-order valence-corrected chi connectivity index (χ1v) is 9.50. The molecule has 1 aliphatic heterocycles. The molecule has 0 radical (unpaired) electrons. The lowest BCUT2D eigenvalue weighted by atomic mass is 9.97. The van der Waals surface area contributed by atoms with Crippen LogP contribution in [-0.2, 0) is 33.8 Å². The number of aromatic nitrogens is 4. The van der Waals surface area contributed by atoms with Crippen molar-refractivity contribution in [1.29, 1.82) is 0 Å². The molecule has 2 N–H and O–H groups in total. The predicted octanol–water partition coefficient (Wildman–Crippen LogP) is 0.477. The van der Waals surface area contributed by atoms with Crippen LogP contribution in [0.25, 0.3) is 0 Å². The molecule has 9 heteroatoms. The van der Waals surface area contributed by atoms with Gasteiger partial charge in [-0.3, -0.25) is 14.5 Å². The third kappa shape index (κ3) is 5.82. The van der Waals surface area contributed by atoms with Crippen molar-refractivity contribution >= 4 is 5.91 Å². The largest absolute Gasteiger partial charge is 0.394 e. The number of carbonyl (C=O) groups excluding carboxylic acids is 1. The second-order valence-corrected chi connectivity index (χ2v) is 6.96. The van der Waals surface area contributed by atoms with Crippen LogP contribution in [0.15, 0.2) is 30.7 Å². The van der Waals surface area contributed by atoms with Crippen molar-refractivity contribution in [3.8, 4) is 0 Å². The number of methoxy groups -OCH3 is 1. The smallest absolute Gasteiger partial charge is 0.224 e. The summed E-state index contributed by atoms with van der Waals surface area (Å²) >= 11 is 0. The third-order valence-electron chi connectivity index (χ3n) is 4.79. The molecule has 0 aromatic carbocycles. The molecule has 0 bridgehead atoms. The van der Waals surface area contributed by atoms with E-state index in [4.69, 9.17) is 9.47 Å². The van der Waals surface area contributed by atoms with Crippen molar-refractivity contribution in [2.45, 2.75) is 57.1 Å². The van der Waals surface area contributed by atoms with Crippen LogP contribution in [0.1, 0.15) is 30.5 Å². The topological polar surface area (TPSA) is 111 Å². The zero-order chi connectivity index (χ0) is 19.8. The number of ether oxygens (including phenoxy) is 2. The lowest BCUT2D eigenvalue weighted by Crippen LogP contribution is -2.51. The molecule has 3 heterocycles. The lowest BCUT2D eigenvalue weighted by molar-refractivity contribution is -0.128. The minimum absolute atomic E-state index is 0.0127. The van der Waals surface area contributed by atoms with Crippen LogP contribution in [0, 0.1) is 0 Å². The Labute approximate surface area is 164 Å². The zero-order valence-electron chi connectivity index (χ0n) is 16.0. The number of rotatable bonds is 9. The van der Waals surface area contributed by atoms with Gasteiger partial charge in [-0.05, 0) is 30.9 Å². The summed E-state index contributed by atoms with van der Waals surface area (Å²) in [6.45, 7) is 0.986. The number of hydrogen-bond donors (Lipinski definition) is 2. The summed E-state index contributed by atoms with van der Waals surface area (Å²) in [5, 5.41) is 20.8. The van der Waals surface area contributed by atoms with Gasteiger partial charge >= 0.3 is 0 Å². The molecule has 0 spiro atoms. The number of aliphatic hydroxyl groups is 1. The maximum Gasteiger partial charge on any atom is 0.224 e. The molecule has 0 aliphatic carbocycles. The summed E-state index contributed by atoms with van der Waals surface area (Å²) < 4.78 is 12.8. The number of aryl methyl sites for hydroxylation is 1. The Bertz CT molecular complexity index is 739. The molecule has 1 fully saturated rings. The summed E-state index contributed by atoms with van der Waals surface area (Å²) in [6, 6.07) is 3.48. The molecule has 3 atom stereocenters. The molecule has 9 nitrogen and oxygen atoms in total. The number of pyridine rings is 1. The third-order valence-corrected chi connectivity index (χ3v) is 4.79. The Morgan fingerprint density at radius 2 is 2.36 bits per heavy atom. The molecule has 0 saturated carbocycles. The van der Waals surface area contributed by atoms with E-state index in [1.54, 1.807) is 30.3 Å². The van der Waals surface area contributed by atoms with Crippen LogP contribution >= 0.6 is 0 Å². The molecular formula is C19H27N5O4. The number of hydrogen-bond acceptors (Lipinski definition) is 7. The number of amides is 1. The fourth-order valence-electron chi connectivity index (χ4n) is 3.39. The quantitative estimate of drug-likeness (QED) is 0.641. The van der Waals surface area contributed by atoms with Gasteiger partial charge in [0.2, 0.25) is 5.91 Å². The van der Waals surface area contributed by atoms with E-state index in [0.717, 1.165) is 30.5 Å². The van der Waals surface area contributed by atoms with Gasteiger partial charge in [0.05, 0.1) is 38.0 Å². The number of nitrogens with one attached hydrogen (secondary N) is 1. The average Bonchev–Trinajstić information content (AvgIpc) is 3.15. The van der Waals surface area contributed by atoms with Gasteiger partial charge in [-0.15, -0.1) is 5.10 Å². The van der Waals surface area contributed by atoms with Gasteiger partial charge in [0.25, 0.3) is 0 Å². The van der Waals surface area contributed by atoms with Crippen LogP contribution in [-0.4, -0.2) is 63.0 Å². The van der Waals surface area contributed by atoms with E-state index in [2.05, 4.69) is 20.6 Å². The van der Waals surface area contributed by atoms with E-state index in [0.29, 0.717) is 13.2 Å². The summed E-state index contributed by atoms with van der Waals surface area (Å²) in [5.74, 6) is -0.0909. The molecular weight excluding hydrogens is 362 g/mol. The molecule has 1 saturated heterocycles. The van der Waals surface area contributed by atoms with Crippen LogP contribution in [0.5, 0.6) is 0 Å². The molecule has 1 aliphatic rings. The van der Waals surface area contributed by atoms with E-state index in [9.17, 15) is 9.90 Å². The van der Waals surface area contributed by atoms with Crippen LogP contribution < -0.4 is 5.32 Å². The fourth-order valence-corrected chi connectivity index (χ4v) is 3.39. The summed E-state index contributed by atoms with van der Waals surface area (Å²) in [6.07, 6.45) is 7.43. The molecule has 152 valence electrons. The van der Waals surface area contributed by atoms with Crippen molar-refractivity contribution in [1.82, 2.24) is 25.3 Å². The maximum absolute atomic E-state index is 12.3. The zero-order valence-corrected chi connectivity index (χ0v) is 16.0. The van der Waals surface area contributed by atoms with Gasteiger partial charge in [0.1, 0.15) is 11.8 Å². The predicted molar refractivity (Wildman–Crippen MR) is 100 cm³/mol. The summed E-state index contributed by atoms with van der Waals surface area (Å²) in [4.78, 5) is 16.3. The van der Waals surface area contributed by atoms with Crippen molar-refractivity contribution in [3.05, 3.63) is 42.0 Å². The Kier molecular flexibility index (Phi) is 7.46. The molecule has 3 rings (SSSR count). The fraction of sp³-hybridized carbons (Fsp3) is 0.579. The van der Waals surface area contributed by atoms with Gasteiger partial charge in [-0.1, -0.05) is 11.3 Å². The number of carbonyl (C=O) groups is 1. The van der Waals surface area contributed by atoms with Gasteiger partial charge in [-0.25, -0.2) is 0 Å². The van der Waals surface area contributed by atoms with E-state index < -0.39 is 6.10 Å². The highest BCUT2D eigenvalue weighted by atomic mass is 16.5. The Hall–Kier alpha value is -2.36. The Morgan fingerprint density at radius 1 is 1.46 bits per heavy atom. The minimum Gasteiger partial charge on any atom is -0.394 e. The molecule has 1 amide bonds. The normalized spacial score (nSPS) is 22.1. The van der Waals surface area contributed by atoms with E-state index in [-0.39, 0.29) is 31.1 Å². The van der Waals surface area contributed by atoms with Crippen LogP contribution in [0.3, 0.4) is 0 Å². The average molecular weight is 389 g/mol. The van der Waals surface area contributed by atoms with Gasteiger partial charge in [0, 0.05) is 26.0 Å². The first-order valence-electron chi connectivity index (χ1n) is 9.50. The lowest BCUT2D eigenvalue weighted by Gasteiger charge is -2.36. The van der Waals surface area contributed by atoms with Gasteiger partial charge < -0.3 is 19.9 Å². The van der Waals surface area contributed by atoms with Gasteiger partial charge in [0.15, 0.2) is 0 Å². The molecule has 0 unspecified atom stereocenters.